The van der Waals surface area contributed by atoms with Crippen molar-refractivity contribution in [3.05, 3.63) is 23.2 Å². The molecule has 2 aromatic rings. The Kier molecular flexibility index (Phi) is 5.71. The number of anilines is 1. The third kappa shape index (κ3) is 4.59. The summed E-state index contributed by atoms with van der Waals surface area (Å²) in [5.41, 5.74) is 0.476. The summed E-state index contributed by atoms with van der Waals surface area (Å²) >= 11 is 2.56. The molecule has 2 amide bonds. The van der Waals surface area contributed by atoms with E-state index in [9.17, 15) is 9.59 Å². The Bertz CT molecular complexity index is 767. The number of aromatic nitrogens is 2. The number of hydrogen-bond acceptors (Lipinski definition) is 8. The van der Waals surface area contributed by atoms with Crippen LogP contribution in [-0.2, 0) is 9.53 Å². The zero-order valence-electron chi connectivity index (χ0n) is 13.9. The molecule has 3 heterocycles. The molecule has 0 aliphatic carbocycles. The van der Waals surface area contributed by atoms with Crippen molar-refractivity contribution in [1.82, 2.24) is 15.1 Å². The molecule has 3 rings (SSSR count). The van der Waals surface area contributed by atoms with Crippen LogP contribution >= 0.6 is 23.1 Å². The lowest BCUT2D eigenvalue weighted by atomic mass is 10.2. The summed E-state index contributed by atoms with van der Waals surface area (Å²) in [4.78, 5) is 26.1. The molecule has 134 valence electrons. The van der Waals surface area contributed by atoms with Crippen LogP contribution in [0, 0.1) is 13.8 Å². The number of ether oxygens (including phenoxy) is 1. The van der Waals surface area contributed by atoms with Crippen LogP contribution in [0.4, 0.5) is 5.13 Å². The molecule has 10 heteroatoms. The number of nitrogens with zero attached hydrogens (tertiary/aromatic N) is 3. The number of thioether (sulfide) groups is 1. The fourth-order valence-electron chi connectivity index (χ4n) is 2.37. The van der Waals surface area contributed by atoms with Crippen LogP contribution in [0.2, 0.25) is 0 Å². The van der Waals surface area contributed by atoms with E-state index in [0.29, 0.717) is 58.6 Å². The van der Waals surface area contributed by atoms with E-state index in [2.05, 4.69) is 15.5 Å². The minimum absolute atomic E-state index is 0.0542. The summed E-state index contributed by atoms with van der Waals surface area (Å²) in [6.07, 6.45) is 0. The van der Waals surface area contributed by atoms with Gasteiger partial charge in [-0.15, -0.1) is 10.2 Å². The molecular weight excluding hydrogens is 364 g/mol. The number of carbonyl (C=O) groups is 2. The van der Waals surface area contributed by atoms with E-state index >= 15 is 0 Å². The van der Waals surface area contributed by atoms with E-state index < -0.39 is 0 Å². The zero-order valence-corrected chi connectivity index (χ0v) is 15.5. The molecule has 0 spiro atoms. The average Bonchev–Trinajstić information content (AvgIpc) is 3.19. The lowest BCUT2D eigenvalue weighted by Gasteiger charge is -2.26. The minimum Gasteiger partial charge on any atom is -0.466 e. The van der Waals surface area contributed by atoms with Crippen molar-refractivity contribution in [3.8, 4) is 0 Å². The molecule has 0 saturated carbocycles. The van der Waals surface area contributed by atoms with Gasteiger partial charge in [0, 0.05) is 13.1 Å². The topological polar surface area (TPSA) is 97.6 Å². The maximum atomic E-state index is 12.2. The Labute approximate surface area is 152 Å². The third-order valence-corrected chi connectivity index (χ3v) is 5.55. The first kappa shape index (κ1) is 17.9. The predicted molar refractivity (Wildman–Crippen MR) is 94.2 cm³/mol. The second-order valence-corrected chi connectivity index (χ2v) is 7.64. The summed E-state index contributed by atoms with van der Waals surface area (Å²) in [6.45, 7) is 5.94. The van der Waals surface area contributed by atoms with Gasteiger partial charge in [0.25, 0.3) is 5.91 Å². The molecule has 25 heavy (non-hydrogen) atoms. The van der Waals surface area contributed by atoms with Crippen LogP contribution in [0.15, 0.2) is 14.8 Å². The van der Waals surface area contributed by atoms with Gasteiger partial charge in [-0.1, -0.05) is 23.1 Å². The van der Waals surface area contributed by atoms with E-state index in [0.717, 1.165) is 0 Å². The van der Waals surface area contributed by atoms with Gasteiger partial charge in [0.05, 0.1) is 24.5 Å². The molecule has 2 aromatic heterocycles. The molecular formula is C15H18N4O4S2. The predicted octanol–water partition coefficient (Wildman–Crippen LogP) is 1.95. The summed E-state index contributed by atoms with van der Waals surface area (Å²) < 4.78 is 11.2. The quantitative estimate of drug-likeness (QED) is 0.623. The van der Waals surface area contributed by atoms with Crippen LogP contribution in [-0.4, -0.2) is 59.0 Å². The fourth-order valence-corrected chi connectivity index (χ4v) is 4.02. The van der Waals surface area contributed by atoms with Crippen molar-refractivity contribution < 1.29 is 18.7 Å². The molecule has 0 aromatic carbocycles. The molecule has 1 aliphatic rings. The lowest BCUT2D eigenvalue weighted by Crippen LogP contribution is -2.41. The molecule has 1 aliphatic heterocycles. The number of hydrogen-bond donors (Lipinski definition) is 1. The average molecular weight is 382 g/mol. The van der Waals surface area contributed by atoms with Crippen LogP contribution in [0.25, 0.3) is 0 Å². The van der Waals surface area contributed by atoms with Crippen LogP contribution < -0.4 is 5.32 Å². The highest BCUT2D eigenvalue weighted by Crippen LogP contribution is 2.26. The Morgan fingerprint density at radius 3 is 2.76 bits per heavy atom. The first-order chi connectivity index (χ1) is 12.0. The van der Waals surface area contributed by atoms with Gasteiger partial charge in [0.2, 0.25) is 11.0 Å². The normalized spacial score (nSPS) is 14.6. The maximum Gasteiger partial charge on any atom is 0.261 e. The fraction of sp³-hybridized carbons (Fsp3) is 0.467. The van der Waals surface area contributed by atoms with Gasteiger partial charge in [-0.25, -0.2) is 0 Å². The van der Waals surface area contributed by atoms with Gasteiger partial charge in [0.1, 0.15) is 11.5 Å². The molecule has 8 nitrogen and oxygen atoms in total. The largest absolute Gasteiger partial charge is 0.466 e. The van der Waals surface area contributed by atoms with E-state index in [-0.39, 0.29) is 11.8 Å². The number of carbonyl (C=O) groups excluding carboxylic acids is 2. The molecule has 1 fully saturated rings. The minimum atomic E-state index is -0.286. The number of aryl methyl sites for hydroxylation is 2. The van der Waals surface area contributed by atoms with Gasteiger partial charge in [-0.3, -0.25) is 14.9 Å². The van der Waals surface area contributed by atoms with Crippen molar-refractivity contribution in [1.29, 1.82) is 0 Å². The van der Waals surface area contributed by atoms with Crippen molar-refractivity contribution in [2.24, 2.45) is 0 Å². The van der Waals surface area contributed by atoms with Crippen molar-refractivity contribution in [2.45, 2.75) is 18.2 Å². The molecule has 1 saturated heterocycles. The monoisotopic (exact) mass is 382 g/mol. The van der Waals surface area contributed by atoms with E-state index in [4.69, 9.17) is 9.15 Å². The van der Waals surface area contributed by atoms with Gasteiger partial charge in [-0.2, -0.15) is 0 Å². The first-order valence-electron chi connectivity index (χ1n) is 7.73. The van der Waals surface area contributed by atoms with E-state index in [1.165, 1.54) is 23.1 Å². The van der Waals surface area contributed by atoms with Crippen LogP contribution in [0.5, 0.6) is 0 Å². The van der Waals surface area contributed by atoms with Crippen LogP contribution in [0.1, 0.15) is 21.9 Å². The first-order valence-corrected chi connectivity index (χ1v) is 9.53. The molecule has 1 N–H and O–H groups in total. The zero-order chi connectivity index (χ0) is 17.8. The second-order valence-electron chi connectivity index (χ2n) is 5.44. The van der Waals surface area contributed by atoms with Gasteiger partial charge in [0.15, 0.2) is 4.34 Å². The number of amides is 2. The standard InChI is InChI=1S/C15H18N4O4S2/c1-9-7-11(10(2)23-9)13(21)16-14-17-18-15(25-14)24-8-12(20)19-3-5-22-6-4-19/h7H,3-6,8H2,1-2H3,(H,16,17,21). The number of morpholine rings is 1. The molecule has 0 bridgehead atoms. The highest BCUT2D eigenvalue weighted by Gasteiger charge is 2.19. The van der Waals surface area contributed by atoms with Crippen molar-refractivity contribution in [2.75, 3.05) is 37.4 Å². The molecule has 0 unspecified atom stereocenters. The Balaban J connectivity index is 1.52. The van der Waals surface area contributed by atoms with E-state index in [1.807, 2.05) is 0 Å². The third-order valence-electron chi connectivity index (χ3n) is 3.60. The highest BCUT2D eigenvalue weighted by atomic mass is 32.2. The lowest BCUT2D eigenvalue weighted by molar-refractivity contribution is -0.132. The molecule has 0 atom stereocenters. The van der Waals surface area contributed by atoms with Crippen LogP contribution in [0.3, 0.4) is 0 Å². The summed E-state index contributed by atoms with van der Waals surface area (Å²) in [5.74, 6) is 1.30. The molecule has 0 radical (unpaired) electrons. The summed E-state index contributed by atoms with van der Waals surface area (Å²) in [7, 11) is 0. The smallest absolute Gasteiger partial charge is 0.261 e. The number of furan rings is 1. The number of rotatable bonds is 5. The second kappa shape index (κ2) is 7.98. The highest BCUT2D eigenvalue weighted by molar-refractivity contribution is 8.01. The van der Waals surface area contributed by atoms with Gasteiger partial charge in [-0.05, 0) is 19.9 Å². The van der Waals surface area contributed by atoms with Gasteiger partial charge < -0.3 is 14.1 Å². The SMILES string of the molecule is Cc1cc(C(=O)Nc2nnc(SCC(=O)N3CCOCC3)s2)c(C)o1. The van der Waals surface area contributed by atoms with Crippen molar-refractivity contribution >= 4 is 40.0 Å². The Morgan fingerprint density at radius 1 is 1.32 bits per heavy atom. The van der Waals surface area contributed by atoms with Gasteiger partial charge >= 0.3 is 0 Å². The summed E-state index contributed by atoms with van der Waals surface area (Å²) in [6, 6.07) is 1.68. The Hall–Kier alpha value is -1.91. The summed E-state index contributed by atoms with van der Waals surface area (Å²) in [5, 5.41) is 11.1. The number of nitrogens with one attached hydrogen (secondary N) is 1. The maximum absolute atomic E-state index is 12.2. The Morgan fingerprint density at radius 2 is 2.08 bits per heavy atom. The van der Waals surface area contributed by atoms with E-state index in [1.54, 1.807) is 24.8 Å². The van der Waals surface area contributed by atoms with Crippen molar-refractivity contribution in [3.63, 3.8) is 0 Å².